The van der Waals surface area contributed by atoms with E-state index in [2.05, 4.69) is 10.3 Å². The Morgan fingerprint density at radius 1 is 1.30 bits per heavy atom. The number of carbonyl (C=O) groups excluding carboxylic acids is 1. The molecule has 0 spiro atoms. The van der Waals surface area contributed by atoms with Gasteiger partial charge in [-0.15, -0.1) is 0 Å². The van der Waals surface area contributed by atoms with E-state index in [9.17, 15) is 9.59 Å². The van der Waals surface area contributed by atoms with Gasteiger partial charge in [-0.3, -0.25) is 9.78 Å². The van der Waals surface area contributed by atoms with Crippen LogP contribution in [0.4, 0.5) is 0 Å². The zero-order valence-electron chi connectivity index (χ0n) is 11.4. The minimum absolute atomic E-state index is 0.249. The van der Waals surface area contributed by atoms with Crippen molar-refractivity contribution >= 4 is 22.8 Å². The molecule has 0 aliphatic carbocycles. The van der Waals surface area contributed by atoms with Gasteiger partial charge < -0.3 is 10.4 Å². The Morgan fingerprint density at radius 2 is 2.05 bits per heavy atom. The standard InChI is InChI=1S/C15H16N2O3/c1-9-3-5-12-7-11(4-6-13(12)16-9)8-14(15(19)20)17-10(2)18/h3-7,14H,8H2,1-2H3,(H,17,18)(H,19,20). The number of benzene rings is 1. The number of nitrogens with one attached hydrogen (secondary N) is 1. The first-order chi connectivity index (χ1) is 9.45. The van der Waals surface area contributed by atoms with Gasteiger partial charge >= 0.3 is 5.97 Å². The molecule has 0 aliphatic heterocycles. The molecule has 0 aliphatic rings. The van der Waals surface area contributed by atoms with E-state index < -0.39 is 12.0 Å². The maximum Gasteiger partial charge on any atom is 0.326 e. The molecule has 2 N–H and O–H groups in total. The van der Waals surface area contributed by atoms with Crippen LogP contribution in [0.2, 0.25) is 0 Å². The molecule has 0 saturated carbocycles. The van der Waals surface area contributed by atoms with Crippen LogP contribution in [0.15, 0.2) is 30.3 Å². The Morgan fingerprint density at radius 3 is 2.70 bits per heavy atom. The van der Waals surface area contributed by atoms with Crippen LogP contribution >= 0.6 is 0 Å². The molecule has 1 amide bonds. The monoisotopic (exact) mass is 272 g/mol. The fourth-order valence-electron chi connectivity index (χ4n) is 2.09. The lowest BCUT2D eigenvalue weighted by Crippen LogP contribution is -2.41. The minimum atomic E-state index is -1.04. The van der Waals surface area contributed by atoms with E-state index in [1.165, 1.54) is 6.92 Å². The second-order valence-electron chi connectivity index (χ2n) is 4.78. The van der Waals surface area contributed by atoms with Crippen molar-refractivity contribution in [3.05, 3.63) is 41.6 Å². The van der Waals surface area contributed by atoms with E-state index >= 15 is 0 Å². The van der Waals surface area contributed by atoms with Crippen molar-refractivity contribution in [1.29, 1.82) is 0 Å². The summed E-state index contributed by atoms with van der Waals surface area (Å²) < 4.78 is 0. The Balaban J connectivity index is 2.26. The van der Waals surface area contributed by atoms with Crippen LogP contribution < -0.4 is 5.32 Å². The number of fused-ring (bicyclic) bond motifs is 1. The predicted molar refractivity (Wildman–Crippen MR) is 75.4 cm³/mol. The largest absolute Gasteiger partial charge is 0.480 e. The second-order valence-corrected chi connectivity index (χ2v) is 4.78. The lowest BCUT2D eigenvalue weighted by Gasteiger charge is -2.13. The highest BCUT2D eigenvalue weighted by Gasteiger charge is 2.18. The molecule has 104 valence electrons. The average molecular weight is 272 g/mol. The molecule has 1 unspecified atom stereocenters. The molecule has 1 aromatic carbocycles. The summed E-state index contributed by atoms with van der Waals surface area (Å²) in [6.07, 6.45) is 0.249. The van der Waals surface area contributed by atoms with E-state index in [-0.39, 0.29) is 12.3 Å². The Bertz CT molecular complexity index is 667. The molecule has 1 heterocycles. The molecule has 0 saturated heterocycles. The molecule has 0 fully saturated rings. The molecule has 2 aromatic rings. The highest BCUT2D eigenvalue weighted by molar-refractivity contribution is 5.83. The Hall–Kier alpha value is -2.43. The molecular weight excluding hydrogens is 256 g/mol. The summed E-state index contributed by atoms with van der Waals surface area (Å²) in [7, 11) is 0. The van der Waals surface area contributed by atoms with Gasteiger partial charge in [0.1, 0.15) is 6.04 Å². The minimum Gasteiger partial charge on any atom is -0.480 e. The summed E-state index contributed by atoms with van der Waals surface area (Å²) >= 11 is 0. The van der Waals surface area contributed by atoms with Gasteiger partial charge in [-0.2, -0.15) is 0 Å². The number of hydrogen-bond acceptors (Lipinski definition) is 3. The number of pyridine rings is 1. The van der Waals surface area contributed by atoms with Gasteiger partial charge in [0, 0.05) is 24.4 Å². The number of nitrogens with zero attached hydrogens (tertiary/aromatic N) is 1. The molecular formula is C15H16N2O3. The van der Waals surface area contributed by atoms with Crippen molar-refractivity contribution in [2.24, 2.45) is 0 Å². The fourth-order valence-corrected chi connectivity index (χ4v) is 2.09. The van der Waals surface area contributed by atoms with E-state index in [0.717, 1.165) is 22.2 Å². The summed E-state index contributed by atoms with van der Waals surface area (Å²) in [5.74, 6) is -1.39. The molecule has 20 heavy (non-hydrogen) atoms. The van der Waals surface area contributed by atoms with Crippen LogP contribution in [-0.2, 0) is 16.0 Å². The summed E-state index contributed by atoms with van der Waals surface area (Å²) in [6, 6.07) is 8.56. The maximum absolute atomic E-state index is 11.1. The zero-order chi connectivity index (χ0) is 14.7. The van der Waals surface area contributed by atoms with Crippen molar-refractivity contribution in [2.75, 3.05) is 0 Å². The summed E-state index contributed by atoms with van der Waals surface area (Å²) in [5.41, 5.74) is 2.66. The number of hydrogen-bond donors (Lipinski definition) is 2. The van der Waals surface area contributed by atoms with Gasteiger partial charge in [0.05, 0.1) is 5.52 Å². The van der Waals surface area contributed by atoms with Crippen LogP contribution in [0.5, 0.6) is 0 Å². The molecule has 5 heteroatoms. The first kappa shape index (κ1) is 14.0. The lowest BCUT2D eigenvalue weighted by molar-refractivity contribution is -0.141. The number of rotatable bonds is 4. The highest BCUT2D eigenvalue weighted by atomic mass is 16.4. The second kappa shape index (κ2) is 5.69. The summed E-state index contributed by atoms with van der Waals surface area (Å²) in [4.78, 5) is 26.5. The van der Waals surface area contributed by atoms with Gasteiger partial charge in [-0.25, -0.2) is 4.79 Å². The Labute approximate surface area is 116 Å². The fraction of sp³-hybridized carbons (Fsp3) is 0.267. The molecule has 0 bridgehead atoms. The number of carbonyl (C=O) groups is 2. The van der Waals surface area contributed by atoms with Crippen LogP contribution in [0, 0.1) is 6.92 Å². The summed E-state index contributed by atoms with van der Waals surface area (Å²) in [5, 5.41) is 12.5. The van der Waals surface area contributed by atoms with Crippen molar-refractivity contribution in [2.45, 2.75) is 26.3 Å². The molecule has 1 aromatic heterocycles. The van der Waals surface area contributed by atoms with Crippen molar-refractivity contribution in [3.63, 3.8) is 0 Å². The smallest absolute Gasteiger partial charge is 0.326 e. The predicted octanol–water partition coefficient (Wildman–Crippen LogP) is 1.68. The maximum atomic E-state index is 11.1. The number of aliphatic carboxylic acids is 1. The van der Waals surface area contributed by atoms with E-state index in [1.54, 1.807) is 0 Å². The van der Waals surface area contributed by atoms with E-state index in [0.29, 0.717) is 0 Å². The van der Waals surface area contributed by atoms with Crippen molar-refractivity contribution < 1.29 is 14.7 Å². The summed E-state index contributed by atoms with van der Waals surface area (Å²) in [6.45, 7) is 3.23. The third-order valence-electron chi connectivity index (χ3n) is 3.01. The lowest BCUT2D eigenvalue weighted by atomic mass is 10.0. The van der Waals surface area contributed by atoms with Gasteiger partial charge in [-0.1, -0.05) is 12.1 Å². The molecule has 5 nitrogen and oxygen atoms in total. The van der Waals surface area contributed by atoms with Crippen LogP contribution in [-0.4, -0.2) is 28.0 Å². The van der Waals surface area contributed by atoms with Crippen molar-refractivity contribution in [3.8, 4) is 0 Å². The van der Waals surface area contributed by atoms with Gasteiger partial charge in [0.15, 0.2) is 0 Å². The normalized spacial score (nSPS) is 12.1. The number of carboxylic acids is 1. The molecule has 1 atom stereocenters. The zero-order valence-corrected chi connectivity index (χ0v) is 11.4. The topological polar surface area (TPSA) is 79.3 Å². The average Bonchev–Trinajstić information content (AvgIpc) is 2.37. The third kappa shape index (κ3) is 3.32. The number of carboxylic acid groups (broad SMARTS) is 1. The van der Waals surface area contributed by atoms with Gasteiger partial charge in [0.2, 0.25) is 5.91 Å². The van der Waals surface area contributed by atoms with Gasteiger partial charge in [0.25, 0.3) is 0 Å². The van der Waals surface area contributed by atoms with E-state index in [4.69, 9.17) is 5.11 Å². The first-order valence-corrected chi connectivity index (χ1v) is 6.32. The quantitative estimate of drug-likeness (QED) is 0.887. The van der Waals surface area contributed by atoms with Crippen LogP contribution in [0.3, 0.4) is 0 Å². The molecule has 2 rings (SSSR count). The number of aryl methyl sites for hydroxylation is 1. The third-order valence-corrected chi connectivity index (χ3v) is 3.01. The van der Waals surface area contributed by atoms with Gasteiger partial charge in [-0.05, 0) is 30.7 Å². The molecule has 0 radical (unpaired) electrons. The van der Waals surface area contributed by atoms with Crippen LogP contribution in [0.1, 0.15) is 18.2 Å². The first-order valence-electron chi connectivity index (χ1n) is 6.32. The number of amides is 1. The van der Waals surface area contributed by atoms with E-state index in [1.807, 2.05) is 37.3 Å². The SMILES string of the molecule is CC(=O)NC(Cc1ccc2nc(C)ccc2c1)C(=O)O. The van der Waals surface area contributed by atoms with Crippen molar-refractivity contribution in [1.82, 2.24) is 10.3 Å². The highest BCUT2D eigenvalue weighted by Crippen LogP contribution is 2.16. The number of aromatic nitrogens is 1. The Kier molecular flexibility index (Phi) is 3.98. The van der Waals surface area contributed by atoms with Crippen LogP contribution in [0.25, 0.3) is 10.9 Å².